The second-order valence-corrected chi connectivity index (χ2v) is 0.610. The van der Waals surface area contributed by atoms with Crippen molar-refractivity contribution >= 4 is 11.9 Å². The summed E-state index contributed by atoms with van der Waals surface area (Å²) in [6, 6.07) is 0. The molecule has 8 heavy (non-hydrogen) atoms. The number of carboxylic acid groups (broad SMARTS) is 2. The molecule has 0 aromatic carbocycles. The SMILES string of the molecule is O.O=C(O)C(=O)O.[Hf]. The molecule has 0 amide bonds. The smallest absolute Gasteiger partial charge is 0.414 e. The maximum Gasteiger partial charge on any atom is 0.414 e. The van der Waals surface area contributed by atoms with Crippen molar-refractivity contribution in [3.63, 3.8) is 0 Å². The molecule has 6 heteroatoms. The largest absolute Gasteiger partial charge is 0.473 e. The topological polar surface area (TPSA) is 106 Å². The summed E-state index contributed by atoms with van der Waals surface area (Å²) in [6.45, 7) is 0. The molecule has 0 fully saturated rings. The molecule has 0 aliphatic rings. The van der Waals surface area contributed by atoms with Gasteiger partial charge in [-0.3, -0.25) is 0 Å². The van der Waals surface area contributed by atoms with Crippen molar-refractivity contribution in [2.75, 3.05) is 0 Å². The minimum absolute atomic E-state index is 0. The molecule has 0 saturated heterocycles. The number of aliphatic carboxylic acids is 2. The quantitative estimate of drug-likeness (QED) is 0.410. The molecule has 0 spiro atoms. The molecule has 0 aromatic rings. The summed E-state index contributed by atoms with van der Waals surface area (Å²) in [5.41, 5.74) is 0. The van der Waals surface area contributed by atoms with Gasteiger partial charge in [-0.2, -0.15) is 0 Å². The summed E-state index contributed by atoms with van der Waals surface area (Å²) in [5.74, 6) is -3.65. The van der Waals surface area contributed by atoms with Crippen LogP contribution >= 0.6 is 0 Å². The molecule has 0 saturated carbocycles. The van der Waals surface area contributed by atoms with Gasteiger partial charge in [0.1, 0.15) is 0 Å². The minimum atomic E-state index is -1.82. The second-order valence-electron chi connectivity index (χ2n) is 0.610. The van der Waals surface area contributed by atoms with Gasteiger partial charge >= 0.3 is 11.9 Å². The Morgan fingerprint density at radius 2 is 1.12 bits per heavy atom. The van der Waals surface area contributed by atoms with Gasteiger partial charge < -0.3 is 15.7 Å². The average molecular weight is 287 g/mol. The summed E-state index contributed by atoms with van der Waals surface area (Å²) in [6.07, 6.45) is 0. The van der Waals surface area contributed by atoms with Crippen LogP contribution in [0.5, 0.6) is 0 Å². The van der Waals surface area contributed by atoms with Crippen LogP contribution in [0.15, 0.2) is 0 Å². The molecule has 46 valence electrons. The van der Waals surface area contributed by atoms with Crippen LogP contribution in [0, 0.1) is 0 Å². The van der Waals surface area contributed by atoms with Crippen LogP contribution in [0.25, 0.3) is 0 Å². The summed E-state index contributed by atoms with van der Waals surface area (Å²) in [5, 5.41) is 14.8. The molecule has 0 aliphatic heterocycles. The molecule has 0 heterocycles. The fourth-order valence-electron chi connectivity index (χ4n) is 0. The zero-order valence-electron chi connectivity index (χ0n) is 3.71. The van der Waals surface area contributed by atoms with Crippen LogP contribution in [0.3, 0.4) is 0 Å². The molecular weight excluding hydrogens is 283 g/mol. The first-order valence-corrected chi connectivity index (χ1v) is 1.11. The van der Waals surface area contributed by atoms with Crippen molar-refractivity contribution in [2.45, 2.75) is 0 Å². The third-order valence-corrected chi connectivity index (χ3v) is 0.183. The summed E-state index contributed by atoms with van der Waals surface area (Å²) >= 11 is 0. The molecule has 0 aromatic heterocycles. The third-order valence-electron chi connectivity index (χ3n) is 0.183. The maximum absolute atomic E-state index is 9.10. The van der Waals surface area contributed by atoms with E-state index in [2.05, 4.69) is 0 Å². The van der Waals surface area contributed by atoms with E-state index in [0.717, 1.165) is 0 Å². The van der Waals surface area contributed by atoms with Crippen LogP contribution < -0.4 is 0 Å². The van der Waals surface area contributed by atoms with Gasteiger partial charge in [0.25, 0.3) is 0 Å². The first-order chi connectivity index (χ1) is 2.64. The van der Waals surface area contributed by atoms with Crippen molar-refractivity contribution in [3.8, 4) is 0 Å². The summed E-state index contributed by atoms with van der Waals surface area (Å²) in [4.78, 5) is 18.2. The van der Waals surface area contributed by atoms with Crippen molar-refractivity contribution in [2.24, 2.45) is 0 Å². The Labute approximate surface area is 63.4 Å². The Kier molecular flexibility index (Phi) is 13.2. The normalized spacial score (nSPS) is 5.50. The van der Waals surface area contributed by atoms with Crippen LogP contribution in [0.1, 0.15) is 0 Å². The summed E-state index contributed by atoms with van der Waals surface area (Å²) in [7, 11) is 0. The van der Waals surface area contributed by atoms with E-state index in [1.807, 2.05) is 0 Å². The Balaban J connectivity index is -0.000000125. The van der Waals surface area contributed by atoms with Crippen molar-refractivity contribution < 1.29 is 51.1 Å². The first-order valence-electron chi connectivity index (χ1n) is 1.11. The predicted molar refractivity (Wildman–Crippen MR) is 18.9 cm³/mol. The van der Waals surface area contributed by atoms with Crippen LogP contribution in [0.4, 0.5) is 0 Å². The molecule has 0 unspecified atom stereocenters. The predicted octanol–water partition coefficient (Wildman–Crippen LogP) is -1.67. The van der Waals surface area contributed by atoms with Gasteiger partial charge in [0.15, 0.2) is 0 Å². The molecule has 0 aliphatic carbocycles. The summed E-state index contributed by atoms with van der Waals surface area (Å²) < 4.78 is 0. The fourth-order valence-corrected chi connectivity index (χ4v) is 0. The Morgan fingerprint density at radius 3 is 1.12 bits per heavy atom. The van der Waals surface area contributed by atoms with Crippen LogP contribution in [-0.2, 0) is 35.4 Å². The minimum Gasteiger partial charge on any atom is -0.473 e. The van der Waals surface area contributed by atoms with E-state index in [4.69, 9.17) is 19.8 Å². The zero-order chi connectivity index (χ0) is 5.15. The fraction of sp³-hybridized carbons (Fsp3) is 0. The molecule has 0 atom stereocenters. The number of hydrogen-bond acceptors (Lipinski definition) is 2. The number of hydrogen-bond donors (Lipinski definition) is 2. The zero-order valence-corrected chi connectivity index (χ0v) is 7.30. The van der Waals surface area contributed by atoms with E-state index in [0.29, 0.717) is 0 Å². The molecule has 0 rings (SSSR count). The van der Waals surface area contributed by atoms with E-state index in [-0.39, 0.29) is 31.3 Å². The Morgan fingerprint density at radius 1 is 1.00 bits per heavy atom. The second kappa shape index (κ2) is 6.77. The van der Waals surface area contributed by atoms with Gasteiger partial charge in [-0.1, -0.05) is 0 Å². The standard InChI is InChI=1S/C2H2O4.Hf.H2O/c3-1(4)2(5)6;;/h(H,3,4)(H,5,6);;1H2. The van der Waals surface area contributed by atoms with E-state index in [9.17, 15) is 0 Å². The van der Waals surface area contributed by atoms with Crippen molar-refractivity contribution in [1.29, 1.82) is 0 Å². The monoisotopic (exact) mass is 288 g/mol. The van der Waals surface area contributed by atoms with Gasteiger partial charge in [-0.05, 0) is 0 Å². The van der Waals surface area contributed by atoms with Gasteiger partial charge in [0, 0.05) is 25.8 Å². The van der Waals surface area contributed by atoms with Gasteiger partial charge in [-0.15, -0.1) is 0 Å². The van der Waals surface area contributed by atoms with Gasteiger partial charge in [-0.25, -0.2) is 9.59 Å². The number of carboxylic acids is 2. The van der Waals surface area contributed by atoms with E-state index < -0.39 is 11.9 Å². The van der Waals surface area contributed by atoms with E-state index in [1.165, 1.54) is 0 Å². The van der Waals surface area contributed by atoms with E-state index in [1.54, 1.807) is 0 Å². The number of rotatable bonds is 0. The molecular formula is C2H4HfO5. The maximum atomic E-state index is 9.10. The van der Waals surface area contributed by atoms with Crippen molar-refractivity contribution in [1.82, 2.24) is 0 Å². The average Bonchev–Trinajstić information content (AvgIpc) is 1.36. The first kappa shape index (κ1) is 15.7. The third kappa shape index (κ3) is 9.24. The molecule has 5 nitrogen and oxygen atoms in total. The van der Waals surface area contributed by atoms with Gasteiger partial charge in [0.2, 0.25) is 0 Å². The molecule has 4 N–H and O–H groups in total. The van der Waals surface area contributed by atoms with Crippen molar-refractivity contribution in [3.05, 3.63) is 0 Å². The van der Waals surface area contributed by atoms with E-state index >= 15 is 0 Å². The number of carbonyl (C=O) groups is 2. The van der Waals surface area contributed by atoms with Crippen LogP contribution in [0.2, 0.25) is 0 Å². The van der Waals surface area contributed by atoms with Crippen LogP contribution in [-0.4, -0.2) is 27.6 Å². The Hall–Kier alpha value is -0.230. The Bertz CT molecular complexity index is 76.4. The van der Waals surface area contributed by atoms with Gasteiger partial charge in [0.05, 0.1) is 0 Å². The molecule has 0 bridgehead atoms. The molecule has 0 radical (unpaired) electrons.